The largest absolute Gasteiger partial charge is 0.506 e. The molecule has 0 aliphatic heterocycles. The van der Waals surface area contributed by atoms with E-state index in [4.69, 9.17) is 0 Å². The van der Waals surface area contributed by atoms with Gasteiger partial charge in [0.1, 0.15) is 11.4 Å². The molecule has 0 amide bonds. The molecule has 0 aliphatic rings. The van der Waals surface area contributed by atoms with Crippen LogP contribution in [0.25, 0.3) is 0 Å². The van der Waals surface area contributed by atoms with E-state index in [0.717, 1.165) is 6.42 Å². The van der Waals surface area contributed by atoms with Crippen molar-refractivity contribution in [1.82, 2.24) is 4.98 Å². The van der Waals surface area contributed by atoms with Gasteiger partial charge in [0.2, 0.25) is 0 Å². The Bertz CT molecular complexity index is 671. The monoisotopic (exact) mass is 367 g/mol. The summed E-state index contributed by atoms with van der Waals surface area (Å²) in [5.74, 6) is 0.693. The lowest BCUT2D eigenvalue weighted by Gasteiger charge is -2.05. The molecule has 0 fully saturated rings. The van der Waals surface area contributed by atoms with Crippen molar-refractivity contribution in [2.75, 3.05) is 0 Å². The molecule has 2 aromatic rings. The molecule has 1 aromatic heterocycles. The van der Waals surface area contributed by atoms with Gasteiger partial charge in [-0.15, -0.1) is 10.2 Å². The van der Waals surface area contributed by atoms with Gasteiger partial charge < -0.3 is 5.11 Å². The van der Waals surface area contributed by atoms with E-state index in [-0.39, 0.29) is 5.75 Å². The topological polar surface area (TPSA) is 57.8 Å². The number of hydrogen-bond donors (Lipinski definition) is 1. The Labute approximate surface area is 163 Å². The van der Waals surface area contributed by atoms with Gasteiger partial charge in [-0.1, -0.05) is 76.8 Å². The minimum absolute atomic E-state index is 0.154. The Morgan fingerprint density at radius 3 is 2.19 bits per heavy atom. The number of aromatic hydroxyl groups is 1. The summed E-state index contributed by atoms with van der Waals surface area (Å²) < 4.78 is 0. The molecule has 0 bridgehead atoms. The Balaban J connectivity index is 1.67. The van der Waals surface area contributed by atoms with Gasteiger partial charge >= 0.3 is 0 Å². The maximum atomic E-state index is 9.98. The van der Waals surface area contributed by atoms with Gasteiger partial charge in [-0.25, -0.2) is 4.98 Å². The van der Waals surface area contributed by atoms with Crippen LogP contribution in [-0.2, 0) is 6.42 Å². The molecule has 0 saturated carbocycles. The maximum absolute atomic E-state index is 9.98. The highest BCUT2D eigenvalue weighted by molar-refractivity contribution is 5.52. The third-order valence-corrected chi connectivity index (χ3v) is 4.77. The Kier molecular flexibility index (Phi) is 10.2. The number of rotatable bonds is 13. The van der Waals surface area contributed by atoms with Crippen molar-refractivity contribution in [3.8, 4) is 5.75 Å². The third-order valence-electron chi connectivity index (χ3n) is 4.77. The van der Waals surface area contributed by atoms with E-state index in [9.17, 15) is 5.11 Å². The van der Waals surface area contributed by atoms with Gasteiger partial charge in [0.25, 0.3) is 0 Å². The minimum atomic E-state index is 0.154. The molecule has 0 aliphatic carbocycles. The second-order valence-electron chi connectivity index (χ2n) is 7.14. The van der Waals surface area contributed by atoms with Crippen LogP contribution in [0.1, 0.15) is 76.7 Å². The SMILES string of the molecule is CCCCCCCCCCCCc1ccc(O)c(N=Nc2ccccn2)c1. The first kappa shape index (κ1) is 21.1. The summed E-state index contributed by atoms with van der Waals surface area (Å²) in [6.07, 6.45) is 16.1. The predicted molar refractivity (Wildman–Crippen MR) is 112 cm³/mol. The molecule has 0 saturated heterocycles. The van der Waals surface area contributed by atoms with Crippen LogP contribution in [0, 0.1) is 0 Å². The number of hydrogen-bond acceptors (Lipinski definition) is 4. The van der Waals surface area contributed by atoms with Gasteiger partial charge in [0.15, 0.2) is 5.82 Å². The highest BCUT2D eigenvalue weighted by Crippen LogP contribution is 2.29. The molecule has 0 spiro atoms. The summed E-state index contributed by atoms with van der Waals surface area (Å²) in [5, 5.41) is 18.2. The van der Waals surface area contributed by atoms with E-state index in [1.165, 1.54) is 69.8 Å². The number of unbranched alkanes of at least 4 members (excludes halogenated alkanes) is 9. The van der Waals surface area contributed by atoms with E-state index in [2.05, 4.69) is 22.1 Å². The smallest absolute Gasteiger partial charge is 0.174 e. The zero-order valence-corrected chi connectivity index (χ0v) is 16.6. The fourth-order valence-corrected chi connectivity index (χ4v) is 3.14. The van der Waals surface area contributed by atoms with Crippen LogP contribution in [0.5, 0.6) is 5.75 Å². The Morgan fingerprint density at radius 2 is 1.52 bits per heavy atom. The van der Waals surface area contributed by atoms with Crippen LogP contribution in [0.3, 0.4) is 0 Å². The summed E-state index contributed by atoms with van der Waals surface area (Å²) in [7, 11) is 0. The van der Waals surface area contributed by atoms with Gasteiger partial charge in [-0.3, -0.25) is 0 Å². The average molecular weight is 368 g/mol. The van der Waals surface area contributed by atoms with Gasteiger partial charge in [0, 0.05) is 6.20 Å². The van der Waals surface area contributed by atoms with Crippen LogP contribution in [-0.4, -0.2) is 10.1 Å². The van der Waals surface area contributed by atoms with Gasteiger partial charge in [-0.2, -0.15) is 0 Å². The molecule has 0 atom stereocenters. The molecule has 4 nitrogen and oxygen atoms in total. The average Bonchev–Trinajstić information content (AvgIpc) is 2.70. The van der Waals surface area contributed by atoms with Crippen molar-refractivity contribution in [3.05, 3.63) is 48.2 Å². The van der Waals surface area contributed by atoms with E-state index >= 15 is 0 Å². The number of phenolic OH excluding ortho intramolecular Hbond substituents is 1. The second-order valence-corrected chi connectivity index (χ2v) is 7.14. The van der Waals surface area contributed by atoms with E-state index < -0.39 is 0 Å². The molecular formula is C23H33N3O. The molecule has 146 valence electrons. The fraction of sp³-hybridized carbons (Fsp3) is 0.522. The lowest BCUT2D eigenvalue weighted by Crippen LogP contribution is -1.87. The minimum Gasteiger partial charge on any atom is -0.506 e. The molecule has 2 rings (SSSR count). The van der Waals surface area contributed by atoms with Gasteiger partial charge in [0.05, 0.1) is 0 Å². The summed E-state index contributed by atoms with van der Waals surface area (Å²) in [4.78, 5) is 4.11. The standard InChI is InChI=1S/C23H33N3O/c1-2-3-4-5-6-7-8-9-10-11-14-20-16-17-22(27)21(19-20)25-26-23-15-12-13-18-24-23/h12-13,15-19,27H,2-11,14H2,1H3. The summed E-state index contributed by atoms with van der Waals surface area (Å²) in [5.41, 5.74) is 1.70. The van der Waals surface area contributed by atoms with Crippen molar-refractivity contribution in [2.45, 2.75) is 77.6 Å². The number of nitrogens with zero attached hydrogens (tertiary/aromatic N) is 3. The highest BCUT2D eigenvalue weighted by Gasteiger charge is 2.03. The van der Waals surface area contributed by atoms with Gasteiger partial charge in [-0.05, 0) is 42.7 Å². The quantitative estimate of drug-likeness (QED) is 0.292. The van der Waals surface area contributed by atoms with Crippen LogP contribution >= 0.6 is 0 Å². The first-order valence-corrected chi connectivity index (χ1v) is 10.4. The van der Waals surface area contributed by atoms with Crippen LogP contribution < -0.4 is 0 Å². The van der Waals surface area contributed by atoms with Crippen LogP contribution in [0.4, 0.5) is 11.5 Å². The molecule has 4 heteroatoms. The number of aromatic nitrogens is 1. The van der Waals surface area contributed by atoms with E-state index in [1.807, 2.05) is 24.3 Å². The normalized spacial score (nSPS) is 11.3. The molecular weight excluding hydrogens is 334 g/mol. The lowest BCUT2D eigenvalue weighted by molar-refractivity contribution is 0.476. The number of aryl methyl sites for hydroxylation is 1. The van der Waals surface area contributed by atoms with E-state index in [0.29, 0.717) is 11.5 Å². The maximum Gasteiger partial charge on any atom is 0.174 e. The molecule has 0 radical (unpaired) electrons. The number of pyridine rings is 1. The molecule has 0 unspecified atom stereocenters. The first-order valence-electron chi connectivity index (χ1n) is 10.4. The van der Waals surface area contributed by atoms with Crippen molar-refractivity contribution < 1.29 is 5.11 Å². The van der Waals surface area contributed by atoms with Crippen molar-refractivity contribution >= 4 is 11.5 Å². The van der Waals surface area contributed by atoms with E-state index in [1.54, 1.807) is 18.3 Å². The Hall–Kier alpha value is -2.23. The van der Waals surface area contributed by atoms with Crippen molar-refractivity contribution in [2.24, 2.45) is 10.2 Å². The van der Waals surface area contributed by atoms with Crippen molar-refractivity contribution in [3.63, 3.8) is 0 Å². The Morgan fingerprint density at radius 1 is 0.815 bits per heavy atom. The third kappa shape index (κ3) is 8.80. The molecule has 1 heterocycles. The number of benzene rings is 1. The highest BCUT2D eigenvalue weighted by atomic mass is 16.3. The number of azo groups is 1. The fourth-order valence-electron chi connectivity index (χ4n) is 3.14. The zero-order chi connectivity index (χ0) is 19.2. The molecule has 27 heavy (non-hydrogen) atoms. The second kappa shape index (κ2) is 13.0. The molecule has 1 aromatic carbocycles. The molecule has 1 N–H and O–H groups in total. The van der Waals surface area contributed by atoms with Crippen LogP contribution in [0.15, 0.2) is 52.8 Å². The first-order chi connectivity index (χ1) is 13.3. The summed E-state index contributed by atoms with van der Waals surface area (Å²) in [6.45, 7) is 2.26. The zero-order valence-electron chi connectivity index (χ0n) is 16.6. The predicted octanol–water partition coefficient (Wildman–Crippen LogP) is 7.67. The summed E-state index contributed by atoms with van der Waals surface area (Å²) >= 11 is 0. The van der Waals surface area contributed by atoms with Crippen molar-refractivity contribution in [1.29, 1.82) is 0 Å². The van der Waals surface area contributed by atoms with Crippen LogP contribution in [0.2, 0.25) is 0 Å². The number of phenols is 1. The lowest BCUT2D eigenvalue weighted by atomic mass is 10.0. The summed E-state index contributed by atoms with van der Waals surface area (Å²) in [6, 6.07) is 11.1.